The lowest BCUT2D eigenvalue weighted by atomic mass is 10.1. The van der Waals surface area contributed by atoms with E-state index in [1.54, 1.807) is 20.8 Å². The van der Waals surface area contributed by atoms with Crippen molar-refractivity contribution in [1.82, 2.24) is 10.8 Å². The first-order valence-corrected chi connectivity index (χ1v) is 8.82. The van der Waals surface area contributed by atoms with E-state index in [0.29, 0.717) is 6.42 Å². The van der Waals surface area contributed by atoms with Crippen molar-refractivity contribution in [3.63, 3.8) is 0 Å². The lowest BCUT2D eigenvalue weighted by Crippen LogP contribution is -2.49. The average molecular weight is 370 g/mol. The third-order valence-corrected chi connectivity index (χ3v) is 3.54. The summed E-state index contributed by atoms with van der Waals surface area (Å²) >= 11 is 0. The van der Waals surface area contributed by atoms with E-state index >= 15 is 0 Å². The van der Waals surface area contributed by atoms with E-state index in [0.717, 1.165) is 11.1 Å². The summed E-state index contributed by atoms with van der Waals surface area (Å²) in [6.07, 6.45) is -0.331. The van der Waals surface area contributed by atoms with Gasteiger partial charge in [0, 0.05) is 6.42 Å². The van der Waals surface area contributed by atoms with E-state index in [1.165, 1.54) is 0 Å². The van der Waals surface area contributed by atoms with Crippen LogP contribution in [0.15, 0.2) is 60.7 Å². The number of hydrogen-bond donors (Lipinski definition) is 2. The average Bonchev–Trinajstić information content (AvgIpc) is 2.61. The van der Waals surface area contributed by atoms with Crippen molar-refractivity contribution in [2.24, 2.45) is 0 Å². The quantitative estimate of drug-likeness (QED) is 0.733. The standard InChI is InChI=1S/C21H26N2O4/c1-21(2,3)27-20(25)22-18(14-16-10-6-4-7-11-16)19(24)23-26-15-17-12-8-5-9-13-17/h4-13,18H,14-15H2,1-3H3,(H,22,25)(H,23,24). The molecule has 6 heteroatoms. The van der Waals surface area contributed by atoms with E-state index in [2.05, 4.69) is 10.8 Å². The largest absolute Gasteiger partial charge is 0.444 e. The molecule has 0 bridgehead atoms. The molecule has 27 heavy (non-hydrogen) atoms. The van der Waals surface area contributed by atoms with Gasteiger partial charge in [0.25, 0.3) is 5.91 Å². The van der Waals surface area contributed by atoms with Crippen LogP contribution in [0, 0.1) is 0 Å². The number of ether oxygens (including phenoxy) is 1. The highest BCUT2D eigenvalue weighted by molar-refractivity contribution is 5.85. The third-order valence-electron chi connectivity index (χ3n) is 3.54. The molecule has 0 aliphatic carbocycles. The molecule has 2 aromatic carbocycles. The molecule has 2 aromatic rings. The number of amides is 2. The molecule has 0 aliphatic heterocycles. The van der Waals surface area contributed by atoms with Crippen LogP contribution in [0.5, 0.6) is 0 Å². The highest BCUT2D eigenvalue weighted by atomic mass is 16.7. The van der Waals surface area contributed by atoms with Crippen molar-refractivity contribution in [1.29, 1.82) is 0 Å². The van der Waals surface area contributed by atoms with Crippen LogP contribution in [0.2, 0.25) is 0 Å². The van der Waals surface area contributed by atoms with Crippen LogP contribution in [0.3, 0.4) is 0 Å². The minimum atomic E-state index is -0.821. The molecule has 0 spiro atoms. The van der Waals surface area contributed by atoms with Gasteiger partial charge in [-0.1, -0.05) is 60.7 Å². The molecule has 0 saturated carbocycles. The SMILES string of the molecule is CC(C)(C)OC(=O)NC(Cc1ccccc1)C(=O)NOCc1ccccc1. The van der Waals surface area contributed by atoms with Gasteiger partial charge in [-0.25, -0.2) is 10.3 Å². The van der Waals surface area contributed by atoms with Gasteiger partial charge in [-0.05, 0) is 31.9 Å². The zero-order chi connectivity index (χ0) is 19.7. The van der Waals surface area contributed by atoms with Gasteiger partial charge >= 0.3 is 6.09 Å². The molecule has 0 aliphatic rings. The molecule has 2 rings (SSSR count). The van der Waals surface area contributed by atoms with Crippen molar-refractivity contribution in [3.8, 4) is 0 Å². The summed E-state index contributed by atoms with van der Waals surface area (Å²) in [6.45, 7) is 5.53. The molecule has 1 unspecified atom stereocenters. The number of hydrogen-bond acceptors (Lipinski definition) is 4. The molecule has 0 heterocycles. The Hall–Kier alpha value is -2.86. The van der Waals surface area contributed by atoms with Crippen LogP contribution in [0.25, 0.3) is 0 Å². The molecule has 1 atom stereocenters. The molecule has 2 amide bonds. The van der Waals surface area contributed by atoms with Crippen molar-refractivity contribution >= 4 is 12.0 Å². The number of rotatable bonds is 7. The number of hydroxylamine groups is 1. The van der Waals surface area contributed by atoms with E-state index in [4.69, 9.17) is 9.57 Å². The first-order chi connectivity index (χ1) is 12.8. The van der Waals surface area contributed by atoms with Gasteiger partial charge in [0.15, 0.2) is 0 Å². The van der Waals surface area contributed by atoms with Crippen LogP contribution in [0.4, 0.5) is 4.79 Å². The van der Waals surface area contributed by atoms with Gasteiger partial charge in [0.1, 0.15) is 11.6 Å². The topological polar surface area (TPSA) is 76.7 Å². The van der Waals surface area contributed by atoms with Crippen LogP contribution < -0.4 is 10.8 Å². The molecule has 0 fully saturated rings. The Morgan fingerprint density at radius 3 is 2.04 bits per heavy atom. The molecule has 144 valence electrons. The van der Waals surface area contributed by atoms with Gasteiger partial charge in [0.2, 0.25) is 0 Å². The normalized spacial score (nSPS) is 12.1. The van der Waals surface area contributed by atoms with Crippen molar-refractivity contribution in [3.05, 3.63) is 71.8 Å². The van der Waals surface area contributed by atoms with E-state index < -0.39 is 23.6 Å². The molecule has 0 saturated heterocycles. The van der Waals surface area contributed by atoms with E-state index in [-0.39, 0.29) is 6.61 Å². The number of benzene rings is 2. The van der Waals surface area contributed by atoms with Crippen LogP contribution >= 0.6 is 0 Å². The molecule has 2 N–H and O–H groups in total. The summed E-state index contributed by atoms with van der Waals surface area (Å²) in [4.78, 5) is 29.9. The number of carbonyl (C=O) groups excluding carboxylic acids is 2. The minimum Gasteiger partial charge on any atom is -0.444 e. The molecule has 6 nitrogen and oxygen atoms in total. The molecule has 0 aromatic heterocycles. The zero-order valence-electron chi connectivity index (χ0n) is 15.9. The fourth-order valence-electron chi connectivity index (χ4n) is 2.34. The van der Waals surface area contributed by atoms with Gasteiger partial charge in [-0.2, -0.15) is 0 Å². The maximum atomic E-state index is 12.5. The maximum absolute atomic E-state index is 12.5. The second-order valence-electron chi connectivity index (χ2n) is 7.13. The van der Waals surface area contributed by atoms with Gasteiger partial charge in [0.05, 0.1) is 6.61 Å². The lowest BCUT2D eigenvalue weighted by Gasteiger charge is -2.23. The summed E-state index contributed by atoms with van der Waals surface area (Å²) < 4.78 is 5.26. The highest BCUT2D eigenvalue weighted by Crippen LogP contribution is 2.09. The molecular weight excluding hydrogens is 344 g/mol. The fourth-order valence-corrected chi connectivity index (χ4v) is 2.34. The number of carbonyl (C=O) groups is 2. The van der Waals surface area contributed by atoms with Gasteiger partial charge in [-0.15, -0.1) is 0 Å². The second kappa shape index (κ2) is 9.73. The van der Waals surface area contributed by atoms with Crippen molar-refractivity contribution in [2.75, 3.05) is 0 Å². The van der Waals surface area contributed by atoms with Gasteiger partial charge < -0.3 is 10.1 Å². The number of alkyl carbamates (subject to hydrolysis) is 1. The summed E-state index contributed by atoms with van der Waals surface area (Å²) in [6, 6.07) is 18.1. The fraction of sp³-hybridized carbons (Fsp3) is 0.333. The lowest BCUT2D eigenvalue weighted by molar-refractivity contribution is -0.136. The maximum Gasteiger partial charge on any atom is 0.408 e. The Morgan fingerprint density at radius 1 is 0.926 bits per heavy atom. The number of nitrogens with one attached hydrogen (secondary N) is 2. The van der Waals surface area contributed by atoms with Crippen molar-refractivity contribution in [2.45, 2.75) is 45.4 Å². The summed E-state index contributed by atoms with van der Waals surface area (Å²) in [5.74, 6) is -0.444. The predicted octanol–water partition coefficient (Wildman–Crippen LogP) is 3.37. The van der Waals surface area contributed by atoms with E-state index in [1.807, 2.05) is 60.7 Å². The van der Waals surface area contributed by atoms with Crippen LogP contribution in [0.1, 0.15) is 31.9 Å². The van der Waals surface area contributed by atoms with E-state index in [9.17, 15) is 9.59 Å². The van der Waals surface area contributed by atoms with Crippen LogP contribution in [-0.2, 0) is 27.4 Å². The first kappa shape index (κ1) is 20.5. The Balaban J connectivity index is 1.96. The monoisotopic (exact) mass is 370 g/mol. The zero-order valence-corrected chi connectivity index (χ0v) is 15.9. The molecular formula is C21H26N2O4. The smallest absolute Gasteiger partial charge is 0.408 e. The highest BCUT2D eigenvalue weighted by Gasteiger charge is 2.25. The predicted molar refractivity (Wildman–Crippen MR) is 103 cm³/mol. The Morgan fingerprint density at radius 2 is 1.48 bits per heavy atom. The molecule has 0 radical (unpaired) electrons. The first-order valence-electron chi connectivity index (χ1n) is 8.82. The van der Waals surface area contributed by atoms with Crippen LogP contribution in [-0.4, -0.2) is 23.6 Å². The minimum absolute atomic E-state index is 0.233. The summed E-state index contributed by atoms with van der Waals surface area (Å²) in [7, 11) is 0. The van der Waals surface area contributed by atoms with Gasteiger partial charge in [-0.3, -0.25) is 9.63 Å². The Labute approximate surface area is 159 Å². The second-order valence-corrected chi connectivity index (χ2v) is 7.13. The third kappa shape index (κ3) is 7.92. The Kier molecular flexibility index (Phi) is 7.37. The Bertz CT molecular complexity index is 727. The summed E-state index contributed by atoms with van der Waals surface area (Å²) in [5.41, 5.74) is 3.60. The summed E-state index contributed by atoms with van der Waals surface area (Å²) in [5, 5.41) is 2.62. The van der Waals surface area contributed by atoms with Crippen molar-refractivity contribution < 1.29 is 19.2 Å².